The van der Waals surface area contributed by atoms with E-state index in [0.717, 1.165) is 16.7 Å². The Labute approximate surface area is 189 Å². The second-order valence-corrected chi connectivity index (χ2v) is 7.51. The van der Waals surface area contributed by atoms with Crippen LogP contribution in [0.4, 0.5) is 0 Å². The van der Waals surface area contributed by atoms with Crippen LogP contribution in [0.25, 0.3) is 22.3 Å². The van der Waals surface area contributed by atoms with Crippen LogP contribution in [0.2, 0.25) is 0 Å². The highest BCUT2D eigenvalue weighted by molar-refractivity contribution is 5.97. The fraction of sp³-hybridized carbons (Fsp3) is 0.0714. The molecule has 32 heavy (non-hydrogen) atoms. The van der Waals surface area contributed by atoms with E-state index in [4.69, 9.17) is 16.8 Å². The number of hydrogen-bond acceptors (Lipinski definition) is 3. The lowest BCUT2D eigenvalue weighted by Gasteiger charge is -2.04. The summed E-state index contributed by atoms with van der Waals surface area (Å²) in [5, 5.41) is 12.2. The Kier molecular flexibility index (Phi) is 7.40. The summed E-state index contributed by atoms with van der Waals surface area (Å²) < 4.78 is 0. The minimum absolute atomic E-state index is 0.348. The van der Waals surface area contributed by atoms with Crippen molar-refractivity contribution in [2.75, 3.05) is 0 Å². The molecule has 4 aromatic carbocycles. The van der Waals surface area contributed by atoms with Gasteiger partial charge in [0.15, 0.2) is 0 Å². The van der Waals surface area contributed by atoms with E-state index >= 15 is 0 Å². The maximum atomic E-state index is 8.69. The van der Waals surface area contributed by atoms with Gasteiger partial charge in [-0.15, -0.1) is 0 Å². The predicted octanol–water partition coefficient (Wildman–Crippen LogP) is 5.77. The van der Waals surface area contributed by atoms with Crippen molar-refractivity contribution < 1.29 is 0 Å². The van der Waals surface area contributed by atoms with Crippen LogP contribution in [-0.2, 0) is 0 Å². The molecule has 4 rings (SSSR count). The van der Waals surface area contributed by atoms with Gasteiger partial charge in [-0.05, 0) is 48.2 Å². The van der Waals surface area contributed by atoms with Crippen molar-refractivity contribution >= 4 is 5.84 Å². The van der Waals surface area contributed by atoms with Gasteiger partial charge in [-0.3, -0.25) is 0 Å². The van der Waals surface area contributed by atoms with E-state index in [-0.39, 0.29) is 0 Å². The molecule has 0 bridgehead atoms. The predicted molar refractivity (Wildman–Crippen MR) is 133 cm³/mol. The molecule has 4 nitrogen and oxygen atoms in total. The lowest BCUT2D eigenvalue weighted by Crippen LogP contribution is -2.15. The van der Waals surface area contributed by atoms with Crippen molar-refractivity contribution in [3.05, 3.63) is 119 Å². The molecule has 4 N–H and O–H groups in total. The van der Waals surface area contributed by atoms with Gasteiger partial charge in [0.1, 0.15) is 5.84 Å². The van der Waals surface area contributed by atoms with E-state index in [1.54, 1.807) is 0 Å². The fourth-order valence-electron chi connectivity index (χ4n) is 3.14. The molecular formula is C28H26N4. The number of hydrogen-bond donors (Lipinski definition) is 2. The minimum Gasteiger partial charge on any atom is -0.382 e. The molecule has 0 aliphatic rings. The lowest BCUT2D eigenvalue weighted by atomic mass is 10.0. The number of aryl methyl sites for hydroxylation is 2. The Morgan fingerprint density at radius 3 is 1.31 bits per heavy atom. The zero-order chi connectivity index (χ0) is 22.9. The molecule has 0 spiro atoms. The van der Waals surface area contributed by atoms with Gasteiger partial charge in [0.25, 0.3) is 0 Å². The zero-order valence-electron chi connectivity index (χ0n) is 18.3. The maximum absolute atomic E-state index is 8.69. The second kappa shape index (κ2) is 10.6. The Balaban J connectivity index is 0.000000182. The number of nitrogens with zero attached hydrogens (tertiary/aromatic N) is 2. The first-order valence-corrected chi connectivity index (χ1v) is 10.3. The SMILES string of the molecule is Cc1ccc(-c2ccc(/C(N)=N/N)cc2)cc1.Cc1ccc(-c2ccc(C#N)cc2)cc1. The second-order valence-electron chi connectivity index (χ2n) is 7.51. The van der Waals surface area contributed by atoms with Crippen LogP contribution < -0.4 is 11.6 Å². The molecule has 0 aromatic heterocycles. The van der Waals surface area contributed by atoms with Crippen LogP contribution >= 0.6 is 0 Å². The van der Waals surface area contributed by atoms with Gasteiger partial charge in [-0.2, -0.15) is 10.4 Å². The van der Waals surface area contributed by atoms with Crippen molar-refractivity contribution in [2.45, 2.75) is 13.8 Å². The largest absolute Gasteiger partial charge is 0.382 e. The first kappa shape index (κ1) is 22.3. The van der Waals surface area contributed by atoms with Crippen LogP contribution in [0, 0.1) is 25.2 Å². The quantitative estimate of drug-likeness (QED) is 0.191. The van der Waals surface area contributed by atoms with Crippen molar-refractivity contribution in [1.82, 2.24) is 0 Å². The first-order valence-electron chi connectivity index (χ1n) is 10.3. The minimum atomic E-state index is 0.348. The molecule has 0 heterocycles. The summed E-state index contributed by atoms with van der Waals surface area (Å²) in [4.78, 5) is 0. The average Bonchev–Trinajstić information content (AvgIpc) is 2.85. The summed E-state index contributed by atoms with van der Waals surface area (Å²) in [6.45, 7) is 4.15. The Morgan fingerprint density at radius 2 is 0.969 bits per heavy atom. The zero-order valence-corrected chi connectivity index (χ0v) is 18.3. The molecular weight excluding hydrogens is 392 g/mol. The summed E-state index contributed by atoms with van der Waals surface area (Å²) in [5.74, 6) is 5.48. The number of nitrogens with two attached hydrogens (primary N) is 2. The highest BCUT2D eigenvalue weighted by Gasteiger charge is 2.00. The highest BCUT2D eigenvalue weighted by atomic mass is 15.1. The van der Waals surface area contributed by atoms with Crippen LogP contribution in [0.5, 0.6) is 0 Å². The van der Waals surface area contributed by atoms with E-state index in [2.05, 4.69) is 73.5 Å². The van der Waals surface area contributed by atoms with Crippen molar-refractivity contribution in [3.8, 4) is 28.3 Å². The van der Waals surface area contributed by atoms with E-state index < -0.39 is 0 Å². The van der Waals surface area contributed by atoms with Crippen LogP contribution in [0.3, 0.4) is 0 Å². The van der Waals surface area contributed by atoms with Gasteiger partial charge in [-0.25, -0.2) is 0 Å². The molecule has 0 amide bonds. The first-order chi connectivity index (χ1) is 15.5. The summed E-state index contributed by atoms with van der Waals surface area (Å²) in [6.07, 6.45) is 0. The molecule has 4 aromatic rings. The third-order valence-corrected chi connectivity index (χ3v) is 5.10. The maximum Gasteiger partial charge on any atom is 0.150 e. The molecule has 0 aliphatic carbocycles. The van der Waals surface area contributed by atoms with Gasteiger partial charge in [0.05, 0.1) is 11.6 Å². The third-order valence-electron chi connectivity index (χ3n) is 5.10. The highest BCUT2D eigenvalue weighted by Crippen LogP contribution is 2.21. The number of benzene rings is 4. The van der Waals surface area contributed by atoms with Crippen molar-refractivity contribution in [2.24, 2.45) is 16.7 Å². The van der Waals surface area contributed by atoms with E-state index in [1.165, 1.54) is 22.3 Å². The van der Waals surface area contributed by atoms with Gasteiger partial charge in [-0.1, -0.05) is 96.1 Å². The van der Waals surface area contributed by atoms with Crippen molar-refractivity contribution in [1.29, 1.82) is 5.26 Å². The molecule has 0 saturated heterocycles. The fourth-order valence-corrected chi connectivity index (χ4v) is 3.14. The summed E-state index contributed by atoms with van der Waals surface area (Å²) in [7, 11) is 0. The molecule has 0 fully saturated rings. The Hall–Kier alpha value is -4.36. The molecule has 0 saturated carbocycles. The van der Waals surface area contributed by atoms with E-state index in [1.807, 2.05) is 48.5 Å². The van der Waals surface area contributed by atoms with Crippen molar-refractivity contribution in [3.63, 3.8) is 0 Å². The standard InChI is InChI=1S/C14H15N3.C14H11N/c1-10-2-4-11(5-3-10)12-6-8-13(9-7-12)14(15)17-16;1-11-2-6-13(7-3-11)14-8-4-12(10-15)5-9-14/h2-9H,16H2,1H3,(H2,15,17);2-9H,1H3. The van der Waals surface area contributed by atoms with Crippen LogP contribution in [-0.4, -0.2) is 5.84 Å². The molecule has 0 radical (unpaired) electrons. The Bertz CT molecular complexity index is 1210. The smallest absolute Gasteiger partial charge is 0.150 e. The number of hydrazone groups is 1. The normalized spacial score (nSPS) is 10.6. The third kappa shape index (κ3) is 5.84. The van der Waals surface area contributed by atoms with E-state index in [0.29, 0.717) is 11.4 Å². The number of amidine groups is 1. The summed E-state index contributed by atoms with van der Waals surface area (Å²) in [5.41, 5.74) is 14.3. The van der Waals surface area contributed by atoms with Gasteiger partial charge in [0.2, 0.25) is 0 Å². The topological polar surface area (TPSA) is 88.2 Å². The van der Waals surface area contributed by atoms with Gasteiger partial charge in [0, 0.05) is 5.56 Å². The molecule has 158 valence electrons. The molecule has 0 unspecified atom stereocenters. The average molecular weight is 419 g/mol. The van der Waals surface area contributed by atoms with Crippen LogP contribution in [0.1, 0.15) is 22.3 Å². The number of nitriles is 1. The van der Waals surface area contributed by atoms with Gasteiger partial charge >= 0.3 is 0 Å². The molecule has 0 aliphatic heterocycles. The van der Waals surface area contributed by atoms with Gasteiger partial charge < -0.3 is 11.6 Å². The lowest BCUT2D eigenvalue weighted by molar-refractivity contribution is 1.23. The summed E-state index contributed by atoms with van der Waals surface area (Å²) in [6, 6.07) is 34.4. The molecule has 0 atom stereocenters. The molecule has 4 heteroatoms. The Morgan fingerprint density at radius 1 is 0.625 bits per heavy atom. The monoisotopic (exact) mass is 418 g/mol. The number of rotatable bonds is 3. The van der Waals surface area contributed by atoms with Crippen LogP contribution in [0.15, 0.2) is 102 Å². The summed E-state index contributed by atoms with van der Waals surface area (Å²) >= 11 is 0. The van der Waals surface area contributed by atoms with E-state index in [9.17, 15) is 0 Å².